The average Bonchev–Trinajstić information content (AvgIpc) is 2.72. The number of halogens is 1. The molecule has 0 amide bonds. The van der Waals surface area contributed by atoms with Crippen LogP contribution in [-0.4, -0.2) is 23.8 Å². The number of nitrogens with zero attached hydrogens (tertiary/aromatic N) is 2. The van der Waals surface area contributed by atoms with Crippen LogP contribution < -0.4 is 5.73 Å². The lowest BCUT2D eigenvalue weighted by Gasteiger charge is -2.33. The highest BCUT2D eigenvalue weighted by Crippen LogP contribution is 2.47. The molecule has 1 aliphatic heterocycles. The number of anilines is 1. The Labute approximate surface area is 171 Å². The number of esters is 1. The van der Waals surface area contributed by atoms with Gasteiger partial charge in [0.2, 0.25) is 0 Å². The number of hydrogen-bond acceptors (Lipinski definition) is 5. The van der Waals surface area contributed by atoms with Crippen molar-refractivity contribution in [1.82, 2.24) is 4.98 Å². The molecule has 6 heteroatoms. The van der Waals surface area contributed by atoms with E-state index in [1.807, 2.05) is 19.9 Å². The molecule has 0 aliphatic carbocycles. The van der Waals surface area contributed by atoms with Gasteiger partial charge in [0.1, 0.15) is 11.7 Å². The van der Waals surface area contributed by atoms with Gasteiger partial charge in [0.15, 0.2) is 5.82 Å². The van der Waals surface area contributed by atoms with Crippen LogP contribution in [0.15, 0.2) is 29.3 Å². The average molecular weight is 397 g/mol. The molecule has 0 bridgehead atoms. The third kappa shape index (κ3) is 3.76. The van der Waals surface area contributed by atoms with Gasteiger partial charge in [-0.1, -0.05) is 39.3 Å². The summed E-state index contributed by atoms with van der Waals surface area (Å²) in [5.74, 6) is -1.38. The predicted molar refractivity (Wildman–Crippen MR) is 113 cm³/mol. The van der Waals surface area contributed by atoms with Gasteiger partial charge in [0, 0.05) is 28.6 Å². The van der Waals surface area contributed by atoms with Crippen molar-refractivity contribution < 1.29 is 13.9 Å². The number of pyridine rings is 1. The molecule has 0 fully saturated rings. The predicted octanol–water partition coefficient (Wildman–Crippen LogP) is 4.74. The minimum absolute atomic E-state index is 0.363. The molecule has 29 heavy (non-hydrogen) atoms. The smallest absolute Gasteiger partial charge is 0.315 e. The number of hydrogen-bond donors (Lipinski definition) is 1. The second kappa shape index (κ2) is 8.72. The van der Waals surface area contributed by atoms with Crippen LogP contribution in [0.1, 0.15) is 61.9 Å². The van der Waals surface area contributed by atoms with E-state index in [4.69, 9.17) is 20.4 Å². The molecule has 2 atom stereocenters. The number of aliphatic imine (C=N–C) groups is 1. The van der Waals surface area contributed by atoms with Crippen molar-refractivity contribution in [2.45, 2.75) is 52.4 Å². The van der Waals surface area contributed by atoms with E-state index in [0.717, 1.165) is 30.5 Å². The minimum atomic E-state index is -0.662. The number of rotatable bonds is 6. The number of nitrogens with two attached hydrogens (primary N) is 1. The van der Waals surface area contributed by atoms with Crippen LogP contribution in [0.4, 0.5) is 15.9 Å². The summed E-state index contributed by atoms with van der Waals surface area (Å²) in [5.41, 5.74) is 11.2. The molecular formula is C23H28FN3O2. The molecule has 2 N–H and O–H groups in total. The van der Waals surface area contributed by atoms with Gasteiger partial charge < -0.3 is 10.5 Å². The fourth-order valence-electron chi connectivity index (χ4n) is 4.25. The lowest BCUT2D eigenvalue weighted by Crippen LogP contribution is -2.35. The SMILES string of the molecule is CCCc1nc2c(c(N)c1CC)C(c1cccc(F)c1)C(C(=O)OC)C(CC)=N2. The first-order valence-electron chi connectivity index (χ1n) is 10.2. The topological polar surface area (TPSA) is 77.6 Å². The summed E-state index contributed by atoms with van der Waals surface area (Å²) in [5, 5.41) is 0. The van der Waals surface area contributed by atoms with E-state index in [1.165, 1.54) is 19.2 Å². The summed E-state index contributed by atoms with van der Waals surface area (Å²) in [7, 11) is 1.36. The molecule has 0 saturated heterocycles. The Balaban J connectivity index is 2.35. The first-order valence-corrected chi connectivity index (χ1v) is 10.2. The lowest BCUT2D eigenvalue weighted by atomic mass is 9.74. The van der Waals surface area contributed by atoms with Gasteiger partial charge in [-0.25, -0.2) is 14.4 Å². The zero-order chi connectivity index (χ0) is 21.1. The molecule has 2 heterocycles. The second-order valence-electron chi connectivity index (χ2n) is 7.28. The highest BCUT2D eigenvalue weighted by molar-refractivity contribution is 6.06. The van der Waals surface area contributed by atoms with Gasteiger partial charge in [-0.05, 0) is 42.5 Å². The molecule has 1 aromatic heterocycles. The first kappa shape index (κ1) is 21.0. The Morgan fingerprint density at radius 2 is 2.00 bits per heavy atom. The van der Waals surface area contributed by atoms with Gasteiger partial charge in [0.05, 0.1) is 7.11 Å². The summed E-state index contributed by atoms with van der Waals surface area (Å²) in [4.78, 5) is 22.4. The molecule has 1 aliphatic rings. The molecule has 1 aromatic carbocycles. The molecule has 2 unspecified atom stereocenters. The number of nitrogen functional groups attached to an aromatic ring is 1. The summed E-state index contributed by atoms with van der Waals surface area (Å²) in [6.45, 7) is 6.08. The Bertz CT molecular complexity index is 955. The van der Waals surface area contributed by atoms with Gasteiger partial charge in [-0.3, -0.25) is 4.79 Å². The number of fused-ring (bicyclic) bond motifs is 1. The highest BCUT2D eigenvalue weighted by Gasteiger charge is 2.41. The van der Waals surface area contributed by atoms with Crippen LogP contribution in [-0.2, 0) is 22.4 Å². The van der Waals surface area contributed by atoms with Gasteiger partial charge >= 0.3 is 5.97 Å². The molecular weight excluding hydrogens is 369 g/mol. The standard InChI is InChI=1S/C23H28FN3O2/c1-5-9-17-15(6-2)21(25)20-18(13-10-8-11-14(24)12-13)19(23(28)29-4)16(7-3)26-22(20)27-17/h8,10-12,18-19H,5-7,9H2,1-4H3,(H2,25,27). The van der Waals surface area contributed by atoms with E-state index in [9.17, 15) is 9.18 Å². The third-order valence-electron chi connectivity index (χ3n) is 5.56. The Kier molecular flexibility index (Phi) is 6.30. The van der Waals surface area contributed by atoms with E-state index < -0.39 is 17.8 Å². The van der Waals surface area contributed by atoms with Crippen LogP contribution in [0.5, 0.6) is 0 Å². The molecule has 0 spiro atoms. The van der Waals surface area contributed by atoms with E-state index >= 15 is 0 Å². The van der Waals surface area contributed by atoms with Gasteiger partial charge in [-0.2, -0.15) is 0 Å². The molecule has 154 valence electrons. The van der Waals surface area contributed by atoms with Crippen LogP contribution in [0.3, 0.4) is 0 Å². The number of ether oxygens (including phenoxy) is 1. The maximum Gasteiger partial charge on any atom is 0.315 e. The number of methoxy groups -OCH3 is 1. The molecule has 0 saturated carbocycles. The van der Waals surface area contributed by atoms with Crippen molar-refractivity contribution in [2.75, 3.05) is 12.8 Å². The van der Waals surface area contributed by atoms with E-state index in [0.29, 0.717) is 34.8 Å². The fourth-order valence-corrected chi connectivity index (χ4v) is 4.25. The Morgan fingerprint density at radius 1 is 1.24 bits per heavy atom. The van der Waals surface area contributed by atoms with Crippen LogP contribution in [0, 0.1) is 11.7 Å². The zero-order valence-electron chi connectivity index (χ0n) is 17.5. The van der Waals surface area contributed by atoms with Gasteiger partial charge in [0.25, 0.3) is 0 Å². The quantitative estimate of drug-likeness (QED) is 0.715. The molecule has 3 rings (SSSR count). The monoisotopic (exact) mass is 397 g/mol. The second-order valence-corrected chi connectivity index (χ2v) is 7.28. The van der Waals surface area contributed by atoms with Crippen LogP contribution >= 0.6 is 0 Å². The first-order chi connectivity index (χ1) is 14.0. The van der Waals surface area contributed by atoms with E-state index in [2.05, 4.69) is 6.92 Å². The lowest BCUT2D eigenvalue weighted by molar-refractivity contribution is -0.143. The summed E-state index contributed by atoms with van der Waals surface area (Å²) >= 11 is 0. The number of carbonyl (C=O) groups excluding carboxylic acids is 1. The van der Waals surface area contributed by atoms with Crippen molar-refractivity contribution in [3.63, 3.8) is 0 Å². The van der Waals surface area contributed by atoms with E-state index in [-0.39, 0.29) is 5.82 Å². The Hall–Kier alpha value is -2.76. The molecule has 2 aromatic rings. The largest absolute Gasteiger partial charge is 0.468 e. The number of benzene rings is 1. The molecule has 0 radical (unpaired) electrons. The van der Waals surface area contributed by atoms with Crippen molar-refractivity contribution in [2.24, 2.45) is 10.9 Å². The molecule has 5 nitrogen and oxygen atoms in total. The van der Waals surface area contributed by atoms with E-state index in [1.54, 1.807) is 6.07 Å². The van der Waals surface area contributed by atoms with Crippen molar-refractivity contribution in [1.29, 1.82) is 0 Å². The summed E-state index contributed by atoms with van der Waals surface area (Å²) in [6.07, 6.45) is 3.04. The number of aryl methyl sites for hydroxylation is 1. The van der Waals surface area contributed by atoms with Crippen molar-refractivity contribution >= 4 is 23.2 Å². The maximum absolute atomic E-state index is 14.1. The zero-order valence-corrected chi connectivity index (χ0v) is 17.5. The fraction of sp³-hybridized carbons (Fsp3) is 0.435. The van der Waals surface area contributed by atoms with Crippen LogP contribution in [0.2, 0.25) is 0 Å². The van der Waals surface area contributed by atoms with Crippen molar-refractivity contribution in [3.05, 3.63) is 52.5 Å². The highest BCUT2D eigenvalue weighted by atomic mass is 19.1. The third-order valence-corrected chi connectivity index (χ3v) is 5.56. The summed E-state index contributed by atoms with van der Waals surface area (Å²) < 4.78 is 19.2. The maximum atomic E-state index is 14.1. The summed E-state index contributed by atoms with van der Waals surface area (Å²) in [6, 6.07) is 6.30. The number of carbonyl (C=O) groups is 1. The normalized spacial score (nSPS) is 18.2. The van der Waals surface area contributed by atoms with Gasteiger partial charge in [-0.15, -0.1) is 0 Å². The minimum Gasteiger partial charge on any atom is -0.468 e. The van der Waals surface area contributed by atoms with Crippen molar-refractivity contribution in [3.8, 4) is 0 Å². The number of aromatic nitrogens is 1. The van der Waals surface area contributed by atoms with Crippen LogP contribution in [0.25, 0.3) is 0 Å². The Morgan fingerprint density at radius 3 is 2.59 bits per heavy atom.